The lowest BCUT2D eigenvalue weighted by Gasteiger charge is -2.11. The van der Waals surface area contributed by atoms with Crippen LogP contribution in [0.3, 0.4) is 0 Å². The quantitative estimate of drug-likeness (QED) is 0.493. The van der Waals surface area contributed by atoms with Gasteiger partial charge in [0.15, 0.2) is 6.29 Å². The molecule has 0 spiro atoms. The number of rotatable bonds is 1. The van der Waals surface area contributed by atoms with Crippen LogP contribution in [0, 0.1) is 0 Å². The molecule has 0 unspecified atom stereocenters. The summed E-state index contributed by atoms with van der Waals surface area (Å²) in [5, 5.41) is 1.96. The van der Waals surface area contributed by atoms with Crippen LogP contribution in [0.5, 0.6) is 0 Å². The van der Waals surface area contributed by atoms with Crippen LogP contribution in [0.25, 0.3) is 0 Å². The average molecular weight is 141 g/mol. The van der Waals surface area contributed by atoms with E-state index in [1.54, 1.807) is 0 Å². The molecule has 56 valence electrons. The van der Waals surface area contributed by atoms with Gasteiger partial charge in [-0.3, -0.25) is 4.84 Å². The van der Waals surface area contributed by atoms with E-state index >= 15 is 0 Å². The van der Waals surface area contributed by atoms with Crippen LogP contribution in [0.4, 0.5) is 0 Å². The molecule has 3 nitrogen and oxygen atoms in total. The third kappa shape index (κ3) is 0.859. The number of hydrogen-bond acceptors (Lipinski definition) is 3. The number of carbonyl (C=O) groups is 1. The van der Waals surface area contributed by atoms with Crippen LogP contribution in [0.2, 0.25) is 0 Å². The smallest absolute Gasteiger partial charge is 0.150 e. The second-order valence-electron chi connectivity index (χ2n) is 2.95. The number of nitrogens with zero attached hydrogens (tertiary/aromatic N) is 1. The van der Waals surface area contributed by atoms with Crippen molar-refractivity contribution in [2.75, 3.05) is 6.54 Å². The topological polar surface area (TPSA) is 29.5 Å². The fourth-order valence-electron chi connectivity index (χ4n) is 1.75. The molecule has 0 aliphatic carbocycles. The first-order valence-electron chi connectivity index (χ1n) is 3.79. The highest BCUT2D eigenvalue weighted by Crippen LogP contribution is 2.28. The van der Waals surface area contributed by atoms with Crippen molar-refractivity contribution in [3.05, 3.63) is 0 Å². The van der Waals surface area contributed by atoms with Gasteiger partial charge in [0.25, 0.3) is 0 Å². The van der Waals surface area contributed by atoms with E-state index in [0.717, 1.165) is 19.3 Å². The fourth-order valence-corrected chi connectivity index (χ4v) is 1.75. The molecule has 0 N–H and O–H groups in total. The standard InChI is InChI=1S/C7H11NO2/c9-5-7-4-6-2-1-3-8(6)10-7/h5-7H,1-4H2/t6-,7-/m1/s1. The molecular formula is C7H11NO2. The van der Waals surface area contributed by atoms with Crippen molar-refractivity contribution < 1.29 is 9.63 Å². The maximum absolute atomic E-state index is 10.3. The van der Waals surface area contributed by atoms with E-state index < -0.39 is 0 Å². The largest absolute Gasteiger partial charge is 0.300 e. The summed E-state index contributed by atoms with van der Waals surface area (Å²) in [5.41, 5.74) is 0. The minimum absolute atomic E-state index is 0.148. The second-order valence-corrected chi connectivity index (χ2v) is 2.95. The van der Waals surface area contributed by atoms with E-state index in [1.807, 2.05) is 5.06 Å². The van der Waals surface area contributed by atoms with Gasteiger partial charge in [0.2, 0.25) is 0 Å². The van der Waals surface area contributed by atoms with Gasteiger partial charge in [-0.2, -0.15) is 5.06 Å². The van der Waals surface area contributed by atoms with E-state index in [1.165, 1.54) is 12.8 Å². The van der Waals surface area contributed by atoms with Gasteiger partial charge in [0, 0.05) is 19.0 Å². The third-order valence-electron chi connectivity index (χ3n) is 2.25. The summed E-state index contributed by atoms with van der Waals surface area (Å²) in [6.07, 6.45) is 4.08. The number of hydroxylamine groups is 2. The number of carbonyl (C=O) groups excluding carboxylic acids is 1. The van der Waals surface area contributed by atoms with Gasteiger partial charge in [0.05, 0.1) is 0 Å². The first kappa shape index (κ1) is 6.31. The molecule has 2 atom stereocenters. The van der Waals surface area contributed by atoms with Gasteiger partial charge in [0.1, 0.15) is 6.10 Å². The minimum Gasteiger partial charge on any atom is -0.300 e. The molecule has 2 fully saturated rings. The van der Waals surface area contributed by atoms with Crippen molar-refractivity contribution in [3.63, 3.8) is 0 Å². The molecule has 2 aliphatic rings. The zero-order chi connectivity index (χ0) is 6.97. The van der Waals surface area contributed by atoms with Crippen LogP contribution in [-0.2, 0) is 9.63 Å². The van der Waals surface area contributed by atoms with E-state index in [2.05, 4.69) is 0 Å². The molecule has 0 amide bonds. The summed E-state index contributed by atoms with van der Waals surface area (Å²) >= 11 is 0. The van der Waals surface area contributed by atoms with Gasteiger partial charge < -0.3 is 4.79 Å². The lowest BCUT2D eigenvalue weighted by atomic mass is 10.1. The van der Waals surface area contributed by atoms with E-state index in [4.69, 9.17) is 4.84 Å². The first-order chi connectivity index (χ1) is 4.90. The van der Waals surface area contributed by atoms with Crippen molar-refractivity contribution in [1.82, 2.24) is 5.06 Å². The van der Waals surface area contributed by atoms with E-state index in [9.17, 15) is 4.79 Å². The van der Waals surface area contributed by atoms with Gasteiger partial charge in [-0.05, 0) is 12.8 Å². The SMILES string of the molecule is O=C[C@H]1C[C@H]2CCCN2O1. The molecule has 2 rings (SSSR count). The highest BCUT2D eigenvalue weighted by molar-refractivity contribution is 5.56. The first-order valence-corrected chi connectivity index (χ1v) is 3.79. The van der Waals surface area contributed by atoms with Crippen molar-refractivity contribution in [1.29, 1.82) is 0 Å². The van der Waals surface area contributed by atoms with Crippen LogP contribution in [-0.4, -0.2) is 30.0 Å². The van der Waals surface area contributed by atoms with Crippen LogP contribution in [0.1, 0.15) is 19.3 Å². The molecule has 0 aromatic rings. The fraction of sp³-hybridized carbons (Fsp3) is 0.857. The van der Waals surface area contributed by atoms with Gasteiger partial charge in [-0.15, -0.1) is 0 Å². The Balaban J connectivity index is 1.99. The van der Waals surface area contributed by atoms with Crippen molar-refractivity contribution in [2.45, 2.75) is 31.4 Å². The van der Waals surface area contributed by atoms with E-state index in [-0.39, 0.29) is 6.10 Å². The maximum Gasteiger partial charge on any atom is 0.150 e. The summed E-state index contributed by atoms with van der Waals surface area (Å²) < 4.78 is 0. The van der Waals surface area contributed by atoms with Crippen molar-refractivity contribution in [2.24, 2.45) is 0 Å². The molecule has 2 aliphatic heterocycles. The highest BCUT2D eigenvalue weighted by Gasteiger charge is 2.36. The normalized spacial score (nSPS) is 40.0. The molecule has 0 saturated carbocycles. The summed E-state index contributed by atoms with van der Waals surface area (Å²) in [5.74, 6) is 0. The number of aldehydes is 1. The van der Waals surface area contributed by atoms with Crippen LogP contribution in [0.15, 0.2) is 0 Å². The number of fused-ring (bicyclic) bond motifs is 1. The number of hydrogen-bond donors (Lipinski definition) is 0. The molecule has 2 heterocycles. The lowest BCUT2D eigenvalue weighted by Crippen LogP contribution is -2.21. The Hall–Kier alpha value is -0.410. The molecule has 0 radical (unpaired) electrons. The summed E-state index contributed by atoms with van der Waals surface area (Å²) in [7, 11) is 0. The lowest BCUT2D eigenvalue weighted by molar-refractivity contribution is -0.155. The average Bonchev–Trinajstić information content (AvgIpc) is 2.42. The Morgan fingerprint density at radius 2 is 2.50 bits per heavy atom. The molecule has 0 aromatic heterocycles. The van der Waals surface area contributed by atoms with Gasteiger partial charge >= 0.3 is 0 Å². The predicted molar refractivity (Wildman–Crippen MR) is 35.3 cm³/mol. The van der Waals surface area contributed by atoms with E-state index in [0.29, 0.717) is 6.04 Å². The molecular weight excluding hydrogens is 130 g/mol. The Kier molecular flexibility index (Phi) is 1.47. The molecule has 10 heavy (non-hydrogen) atoms. The summed E-state index contributed by atoms with van der Waals surface area (Å²) in [6, 6.07) is 0.537. The van der Waals surface area contributed by atoms with Crippen molar-refractivity contribution in [3.8, 4) is 0 Å². The Labute approximate surface area is 59.9 Å². The second kappa shape index (κ2) is 2.32. The Bertz CT molecular complexity index is 137. The van der Waals surface area contributed by atoms with Crippen LogP contribution < -0.4 is 0 Å². The minimum atomic E-state index is -0.148. The Morgan fingerprint density at radius 1 is 1.60 bits per heavy atom. The van der Waals surface area contributed by atoms with Gasteiger partial charge in [-0.1, -0.05) is 0 Å². The van der Waals surface area contributed by atoms with Crippen molar-refractivity contribution >= 4 is 6.29 Å². The zero-order valence-electron chi connectivity index (χ0n) is 5.82. The molecule has 2 saturated heterocycles. The third-order valence-corrected chi connectivity index (χ3v) is 2.25. The molecule has 3 heteroatoms. The summed E-state index contributed by atoms with van der Waals surface area (Å²) in [4.78, 5) is 15.6. The predicted octanol–water partition coefficient (Wildman–Crippen LogP) is 0.354. The molecule has 0 aromatic carbocycles. The van der Waals surface area contributed by atoms with Crippen LogP contribution >= 0.6 is 0 Å². The maximum atomic E-state index is 10.3. The van der Waals surface area contributed by atoms with Gasteiger partial charge in [-0.25, -0.2) is 0 Å². The molecule has 0 bridgehead atoms. The summed E-state index contributed by atoms with van der Waals surface area (Å²) in [6.45, 7) is 1.01. The zero-order valence-corrected chi connectivity index (χ0v) is 5.82. The highest BCUT2D eigenvalue weighted by atomic mass is 16.7. The Morgan fingerprint density at radius 3 is 3.20 bits per heavy atom. The monoisotopic (exact) mass is 141 g/mol.